The van der Waals surface area contributed by atoms with Crippen molar-refractivity contribution in [2.24, 2.45) is 0 Å². The number of benzene rings is 1. The molecule has 1 aromatic carbocycles. The molecule has 0 unspecified atom stereocenters. The molecule has 1 fully saturated rings. The Balaban J connectivity index is 1.68. The lowest BCUT2D eigenvalue weighted by molar-refractivity contribution is 0.0117. The third-order valence-corrected chi connectivity index (χ3v) is 4.13. The van der Waals surface area contributed by atoms with E-state index in [1.807, 2.05) is 24.3 Å². The quantitative estimate of drug-likeness (QED) is 0.908. The van der Waals surface area contributed by atoms with Gasteiger partial charge in [-0.3, -0.25) is 0 Å². The van der Waals surface area contributed by atoms with Gasteiger partial charge in [0.1, 0.15) is 0 Å². The molecule has 122 valence electrons. The highest BCUT2D eigenvalue weighted by Gasteiger charge is 2.38. The molecule has 2 aromatic rings. The van der Waals surface area contributed by atoms with Gasteiger partial charge in [-0.2, -0.15) is 0 Å². The molecule has 2 amide bonds. The smallest absolute Gasteiger partial charge is 0.322 e. The van der Waals surface area contributed by atoms with Crippen LogP contribution in [0, 0.1) is 0 Å². The number of carbonyl (C=O) groups is 1. The first-order chi connectivity index (χ1) is 10.9. The fourth-order valence-electron chi connectivity index (χ4n) is 2.98. The predicted octanol–water partition coefficient (Wildman–Crippen LogP) is 2.03. The second-order valence-corrected chi connectivity index (χ2v) is 6.33. The molecule has 23 heavy (non-hydrogen) atoms. The fourth-order valence-corrected chi connectivity index (χ4v) is 2.98. The SMILES string of the molecule is CC(C)(O)[C@@H]1CCCN1C(=O)Nc1ccc(-n2ccnn2)cc1. The molecule has 3 rings (SSSR count). The van der Waals surface area contributed by atoms with Crippen LogP contribution < -0.4 is 5.32 Å². The monoisotopic (exact) mass is 315 g/mol. The summed E-state index contributed by atoms with van der Waals surface area (Å²) in [5.74, 6) is 0. The summed E-state index contributed by atoms with van der Waals surface area (Å²) in [6.45, 7) is 4.16. The van der Waals surface area contributed by atoms with Crippen molar-refractivity contribution in [3.8, 4) is 5.69 Å². The average Bonchev–Trinajstić information content (AvgIpc) is 3.19. The van der Waals surface area contributed by atoms with Crippen molar-refractivity contribution in [2.75, 3.05) is 11.9 Å². The van der Waals surface area contributed by atoms with Gasteiger partial charge < -0.3 is 15.3 Å². The molecule has 1 saturated heterocycles. The number of aliphatic hydroxyl groups is 1. The van der Waals surface area contributed by atoms with Gasteiger partial charge in [-0.15, -0.1) is 5.10 Å². The normalized spacial score (nSPS) is 18.2. The lowest BCUT2D eigenvalue weighted by atomic mass is 9.97. The maximum Gasteiger partial charge on any atom is 0.322 e. The van der Waals surface area contributed by atoms with E-state index in [0.29, 0.717) is 12.2 Å². The number of hydrogen-bond donors (Lipinski definition) is 2. The van der Waals surface area contributed by atoms with Crippen LogP contribution in [0.4, 0.5) is 10.5 Å². The van der Waals surface area contributed by atoms with Gasteiger partial charge in [0.05, 0.1) is 29.7 Å². The second-order valence-electron chi connectivity index (χ2n) is 6.33. The van der Waals surface area contributed by atoms with E-state index >= 15 is 0 Å². The molecule has 1 aliphatic rings. The lowest BCUT2D eigenvalue weighted by Crippen LogP contribution is -2.49. The van der Waals surface area contributed by atoms with Crippen molar-refractivity contribution in [1.82, 2.24) is 19.9 Å². The van der Waals surface area contributed by atoms with Crippen LogP contribution in [0.15, 0.2) is 36.7 Å². The van der Waals surface area contributed by atoms with E-state index in [0.717, 1.165) is 18.5 Å². The Morgan fingerprint density at radius 3 is 2.70 bits per heavy atom. The first kappa shape index (κ1) is 15.5. The van der Waals surface area contributed by atoms with Crippen LogP contribution in [0.5, 0.6) is 0 Å². The van der Waals surface area contributed by atoms with Crippen molar-refractivity contribution in [1.29, 1.82) is 0 Å². The van der Waals surface area contributed by atoms with Crippen molar-refractivity contribution in [3.05, 3.63) is 36.7 Å². The summed E-state index contributed by atoms with van der Waals surface area (Å²) >= 11 is 0. The zero-order valence-electron chi connectivity index (χ0n) is 13.3. The zero-order chi connectivity index (χ0) is 16.4. The van der Waals surface area contributed by atoms with Crippen molar-refractivity contribution in [3.63, 3.8) is 0 Å². The fraction of sp³-hybridized carbons (Fsp3) is 0.438. The van der Waals surface area contributed by atoms with E-state index in [2.05, 4.69) is 15.6 Å². The summed E-state index contributed by atoms with van der Waals surface area (Å²) in [6.07, 6.45) is 5.10. The number of anilines is 1. The van der Waals surface area contributed by atoms with Gasteiger partial charge in [0.2, 0.25) is 0 Å². The summed E-state index contributed by atoms with van der Waals surface area (Å²) in [5, 5.41) is 20.8. The van der Waals surface area contributed by atoms with Crippen LogP contribution in [-0.2, 0) is 0 Å². The van der Waals surface area contributed by atoms with E-state index < -0.39 is 5.60 Å². The first-order valence-electron chi connectivity index (χ1n) is 7.72. The molecule has 1 atom stereocenters. The van der Waals surface area contributed by atoms with Crippen LogP contribution >= 0.6 is 0 Å². The topological polar surface area (TPSA) is 83.3 Å². The molecule has 0 spiro atoms. The maximum absolute atomic E-state index is 12.5. The number of carbonyl (C=O) groups excluding carboxylic acids is 1. The van der Waals surface area contributed by atoms with Gasteiger partial charge in [-0.25, -0.2) is 9.48 Å². The third kappa shape index (κ3) is 3.34. The molecule has 2 heterocycles. The number of nitrogens with zero attached hydrogens (tertiary/aromatic N) is 4. The summed E-state index contributed by atoms with van der Waals surface area (Å²) in [5.41, 5.74) is 0.682. The summed E-state index contributed by atoms with van der Waals surface area (Å²) in [4.78, 5) is 14.2. The standard InChI is InChI=1S/C16H21N5O2/c1-16(2,23)14-4-3-10-20(14)15(22)18-12-5-7-13(8-6-12)21-11-9-17-19-21/h5-9,11,14,23H,3-4,10H2,1-2H3,(H,18,22)/t14-/m0/s1. The summed E-state index contributed by atoms with van der Waals surface area (Å²) < 4.78 is 1.65. The van der Waals surface area contributed by atoms with E-state index in [4.69, 9.17) is 0 Å². The first-order valence-corrected chi connectivity index (χ1v) is 7.72. The molecule has 7 nitrogen and oxygen atoms in total. The van der Waals surface area contributed by atoms with Gasteiger partial charge in [-0.05, 0) is 51.0 Å². The Morgan fingerprint density at radius 2 is 2.09 bits per heavy atom. The summed E-state index contributed by atoms with van der Waals surface area (Å²) in [7, 11) is 0. The minimum Gasteiger partial charge on any atom is -0.388 e. The molecule has 1 aliphatic heterocycles. The molecule has 7 heteroatoms. The Labute approximate surface area is 134 Å². The van der Waals surface area contributed by atoms with E-state index in [9.17, 15) is 9.90 Å². The van der Waals surface area contributed by atoms with Gasteiger partial charge in [0.25, 0.3) is 0 Å². The number of amides is 2. The molecule has 2 N–H and O–H groups in total. The van der Waals surface area contributed by atoms with Crippen LogP contribution in [0.2, 0.25) is 0 Å². The molecular weight excluding hydrogens is 294 g/mol. The van der Waals surface area contributed by atoms with Crippen LogP contribution in [0.25, 0.3) is 5.69 Å². The molecule has 0 radical (unpaired) electrons. The van der Waals surface area contributed by atoms with Gasteiger partial charge in [-0.1, -0.05) is 5.21 Å². The number of hydrogen-bond acceptors (Lipinski definition) is 4. The van der Waals surface area contributed by atoms with Crippen LogP contribution in [0.3, 0.4) is 0 Å². The van der Waals surface area contributed by atoms with Gasteiger partial charge in [0, 0.05) is 12.2 Å². The van der Waals surface area contributed by atoms with Crippen LogP contribution in [-0.4, -0.2) is 49.2 Å². The second kappa shape index (κ2) is 6.00. The number of aromatic nitrogens is 3. The summed E-state index contributed by atoms with van der Waals surface area (Å²) in [6, 6.07) is 7.04. The average molecular weight is 315 g/mol. The largest absolute Gasteiger partial charge is 0.388 e. The van der Waals surface area contributed by atoms with Crippen LogP contribution in [0.1, 0.15) is 26.7 Å². The van der Waals surface area contributed by atoms with E-state index in [-0.39, 0.29) is 12.1 Å². The highest BCUT2D eigenvalue weighted by Crippen LogP contribution is 2.27. The Bertz CT molecular complexity index is 661. The number of urea groups is 1. The lowest BCUT2D eigenvalue weighted by Gasteiger charge is -2.33. The van der Waals surface area contributed by atoms with Crippen molar-refractivity contribution >= 4 is 11.7 Å². The molecule has 0 aliphatic carbocycles. The number of rotatable bonds is 3. The molecule has 0 bridgehead atoms. The molecular formula is C16H21N5O2. The van der Waals surface area contributed by atoms with Gasteiger partial charge in [0.15, 0.2) is 0 Å². The Kier molecular flexibility index (Phi) is 4.04. The Hall–Kier alpha value is -2.41. The van der Waals surface area contributed by atoms with Gasteiger partial charge >= 0.3 is 6.03 Å². The van der Waals surface area contributed by atoms with Crippen molar-refractivity contribution in [2.45, 2.75) is 38.3 Å². The van der Waals surface area contributed by atoms with E-state index in [1.165, 1.54) is 0 Å². The number of nitrogens with one attached hydrogen (secondary N) is 1. The predicted molar refractivity (Wildman–Crippen MR) is 86.4 cm³/mol. The highest BCUT2D eigenvalue weighted by atomic mass is 16.3. The Morgan fingerprint density at radius 1 is 1.35 bits per heavy atom. The van der Waals surface area contributed by atoms with E-state index in [1.54, 1.807) is 35.8 Å². The third-order valence-electron chi connectivity index (χ3n) is 4.13. The molecule has 0 saturated carbocycles. The van der Waals surface area contributed by atoms with Crippen molar-refractivity contribution < 1.29 is 9.90 Å². The maximum atomic E-state index is 12.5. The zero-order valence-corrected chi connectivity index (χ0v) is 13.3. The minimum absolute atomic E-state index is 0.156. The highest BCUT2D eigenvalue weighted by molar-refractivity contribution is 5.89. The minimum atomic E-state index is -0.898. The molecule has 1 aromatic heterocycles. The number of likely N-dealkylation sites (tertiary alicyclic amines) is 1.